The van der Waals surface area contributed by atoms with Gasteiger partial charge in [-0.15, -0.1) is 0 Å². The van der Waals surface area contributed by atoms with Crippen molar-refractivity contribution in [3.8, 4) is 5.88 Å². The highest BCUT2D eigenvalue weighted by Gasteiger charge is 2.47. The van der Waals surface area contributed by atoms with Crippen molar-refractivity contribution in [2.45, 2.75) is 33.6 Å². The number of ether oxygens (including phenoxy) is 1. The molecule has 6 nitrogen and oxygen atoms in total. The van der Waals surface area contributed by atoms with Gasteiger partial charge in [0.1, 0.15) is 0 Å². The van der Waals surface area contributed by atoms with Crippen LogP contribution < -0.4 is 9.64 Å². The van der Waals surface area contributed by atoms with E-state index in [1.54, 1.807) is 12.4 Å². The van der Waals surface area contributed by atoms with E-state index in [-0.39, 0.29) is 5.92 Å². The van der Waals surface area contributed by atoms with Crippen LogP contribution in [0.4, 0.5) is 5.82 Å². The summed E-state index contributed by atoms with van der Waals surface area (Å²) < 4.78 is 5.49. The van der Waals surface area contributed by atoms with E-state index in [4.69, 9.17) is 4.74 Å². The fraction of sp³-hybridized carbons (Fsp3) is 0.667. The fourth-order valence-corrected chi connectivity index (χ4v) is 2.69. The highest BCUT2D eigenvalue weighted by molar-refractivity contribution is 5.77. The first-order chi connectivity index (χ1) is 9.99. The van der Waals surface area contributed by atoms with Gasteiger partial charge in [-0.3, -0.25) is 9.78 Å². The molecule has 0 radical (unpaired) electrons. The third kappa shape index (κ3) is 3.09. The molecule has 1 saturated heterocycles. The second-order valence-corrected chi connectivity index (χ2v) is 5.85. The summed E-state index contributed by atoms with van der Waals surface area (Å²) in [4.78, 5) is 22.2. The molecule has 116 valence electrons. The average molecular weight is 293 g/mol. The van der Waals surface area contributed by atoms with Crippen LogP contribution in [0.5, 0.6) is 5.88 Å². The van der Waals surface area contributed by atoms with Crippen LogP contribution >= 0.6 is 0 Å². The highest BCUT2D eigenvalue weighted by atomic mass is 16.5. The molecule has 1 unspecified atom stereocenters. The highest BCUT2D eigenvalue weighted by Crippen LogP contribution is 2.39. The molecule has 1 aromatic rings. The van der Waals surface area contributed by atoms with Gasteiger partial charge in [0.05, 0.1) is 24.4 Å². The molecule has 1 atom stereocenters. The smallest absolute Gasteiger partial charge is 0.311 e. The number of aliphatic carboxylic acids is 1. The molecule has 1 N–H and O–H groups in total. The summed E-state index contributed by atoms with van der Waals surface area (Å²) in [6, 6.07) is 0. The van der Waals surface area contributed by atoms with Gasteiger partial charge in [0.25, 0.3) is 0 Å². The lowest BCUT2D eigenvalue weighted by molar-refractivity contribution is -0.150. The van der Waals surface area contributed by atoms with Crippen LogP contribution in [0.15, 0.2) is 12.4 Å². The second-order valence-electron chi connectivity index (χ2n) is 5.85. The van der Waals surface area contributed by atoms with Crippen LogP contribution in [0.2, 0.25) is 0 Å². The monoisotopic (exact) mass is 293 g/mol. The molecule has 0 saturated carbocycles. The van der Waals surface area contributed by atoms with Crippen LogP contribution in [0.25, 0.3) is 0 Å². The Hall–Kier alpha value is -1.85. The normalized spacial score (nSPS) is 21.8. The number of nitrogens with zero attached hydrogens (tertiary/aromatic N) is 3. The van der Waals surface area contributed by atoms with E-state index in [0.717, 1.165) is 6.42 Å². The van der Waals surface area contributed by atoms with Crippen molar-refractivity contribution in [2.75, 3.05) is 24.6 Å². The lowest BCUT2D eigenvalue weighted by atomic mass is 9.76. The van der Waals surface area contributed by atoms with Crippen LogP contribution in [-0.2, 0) is 4.79 Å². The number of carbonyl (C=O) groups is 1. The molecule has 0 aliphatic carbocycles. The first-order valence-corrected chi connectivity index (χ1v) is 7.43. The van der Waals surface area contributed by atoms with Gasteiger partial charge in [0, 0.05) is 13.1 Å². The predicted octanol–water partition coefficient (Wildman–Crippen LogP) is 2.20. The minimum atomic E-state index is -0.730. The molecule has 1 fully saturated rings. The Balaban J connectivity index is 2.15. The first-order valence-electron chi connectivity index (χ1n) is 7.43. The van der Waals surface area contributed by atoms with Crippen LogP contribution in [0, 0.1) is 11.3 Å². The van der Waals surface area contributed by atoms with Crippen molar-refractivity contribution in [1.29, 1.82) is 0 Å². The van der Waals surface area contributed by atoms with E-state index >= 15 is 0 Å². The van der Waals surface area contributed by atoms with E-state index in [9.17, 15) is 9.90 Å². The van der Waals surface area contributed by atoms with Crippen LogP contribution in [-0.4, -0.2) is 40.7 Å². The third-order valence-electron chi connectivity index (χ3n) is 4.21. The van der Waals surface area contributed by atoms with Gasteiger partial charge in [-0.25, -0.2) is 0 Å². The molecule has 0 spiro atoms. The molecule has 2 rings (SSSR count). The van der Waals surface area contributed by atoms with Gasteiger partial charge in [-0.2, -0.15) is 4.98 Å². The maximum atomic E-state index is 11.7. The Morgan fingerprint density at radius 3 is 2.86 bits per heavy atom. The van der Waals surface area contributed by atoms with Crippen molar-refractivity contribution < 1.29 is 14.6 Å². The number of carboxylic acid groups (broad SMARTS) is 1. The summed E-state index contributed by atoms with van der Waals surface area (Å²) in [5.74, 6) is 0.526. The molecule has 6 heteroatoms. The number of aromatic nitrogens is 2. The molecule has 0 amide bonds. The van der Waals surface area contributed by atoms with Gasteiger partial charge in [-0.05, 0) is 18.8 Å². The maximum Gasteiger partial charge on any atom is 0.311 e. The standard InChI is InChI=1S/C15H23N3O3/c1-4-7-21-13-9-16-8-12(17-13)18-6-5-15(10-18,11(2)3)14(19)20/h8-9,11H,4-7,10H2,1-3H3,(H,19,20). The SMILES string of the molecule is CCCOc1cncc(N2CCC(C(=O)O)(C(C)C)C2)n1. The zero-order valence-electron chi connectivity index (χ0n) is 12.9. The van der Waals surface area contributed by atoms with Gasteiger partial charge >= 0.3 is 5.97 Å². The van der Waals surface area contributed by atoms with E-state index in [1.165, 1.54) is 0 Å². The molecule has 0 aromatic carbocycles. The summed E-state index contributed by atoms with van der Waals surface area (Å²) in [7, 11) is 0. The minimum absolute atomic E-state index is 0.0764. The molecule has 1 aliphatic heterocycles. The van der Waals surface area contributed by atoms with Crippen molar-refractivity contribution in [3.63, 3.8) is 0 Å². The Bertz CT molecular complexity index is 507. The Morgan fingerprint density at radius 1 is 1.52 bits per heavy atom. The van der Waals surface area contributed by atoms with Gasteiger partial charge < -0.3 is 14.7 Å². The molecule has 2 heterocycles. The van der Waals surface area contributed by atoms with Gasteiger partial charge in [-0.1, -0.05) is 20.8 Å². The maximum absolute atomic E-state index is 11.7. The summed E-state index contributed by atoms with van der Waals surface area (Å²) in [6.07, 6.45) is 4.78. The molecule has 1 aromatic heterocycles. The predicted molar refractivity (Wildman–Crippen MR) is 79.6 cm³/mol. The van der Waals surface area contributed by atoms with E-state index in [2.05, 4.69) is 9.97 Å². The van der Waals surface area contributed by atoms with Crippen molar-refractivity contribution in [1.82, 2.24) is 9.97 Å². The number of rotatable bonds is 6. The van der Waals surface area contributed by atoms with E-state index in [1.807, 2.05) is 25.7 Å². The zero-order chi connectivity index (χ0) is 15.5. The van der Waals surface area contributed by atoms with E-state index < -0.39 is 11.4 Å². The minimum Gasteiger partial charge on any atom is -0.481 e. The average Bonchev–Trinajstić information content (AvgIpc) is 2.92. The largest absolute Gasteiger partial charge is 0.481 e. The second kappa shape index (κ2) is 6.28. The van der Waals surface area contributed by atoms with E-state index in [0.29, 0.717) is 37.8 Å². The lowest BCUT2D eigenvalue weighted by Gasteiger charge is -2.28. The molecular formula is C15H23N3O3. The number of hydrogen-bond donors (Lipinski definition) is 1. The summed E-state index contributed by atoms with van der Waals surface area (Å²) in [6.45, 7) is 7.70. The fourth-order valence-electron chi connectivity index (χ4n) is 2.69. The van der Waals surface area contributed by atoms with Crippen molar-refractivity contribution in [3.05, 3.63) is 12.4 Å². The molecule has 21 heavy (non-hydrogen) atoms. The third-order valence-corrected chi connectivity index (χ3v) is 4.21. The topological polar surface area (TPSA) is 75.5 Å². The Labute approximate surface area is 125 Å². The number of hydrogen-bond acceptors (Lipinski definition) is 5. The molecular weight excluding hydrogens is 270 g/mol. The lowest BCUT2D eigenvalue weighted by Crippen LogP contribution is -2.39. The zero-order valence-corrected chi connectivity index (χ0v) is 12.9. The summed E-state index contributed by atoms with van der Waals surface area (Å²) >= 11 is 0. The van der Waals surface area contributed by atoms with Gasteiger partial charge in [0.15, 0.2) is 5.82 Å². The quantitative estimate of drug-likeness (QED) is 0.866. The van der Waals surface area contributed by atoms with Crippen molar-refractivity contribution >= 4 is 11.8 Å². The number of anilines is 1. The Kier molecular flexibility index (Phi) is 4.65. The molecule has 0 bridgehead atoms. The van der Waals surface area contributed by atoms with Gasteiger partial charge in [0.2, 0.25) is 5.88 Å². The van der Waals surface area contributed by atoms with Crippen LogP contribution in [0.3, 0.4) is 0 Å². The number of carboxylic acids is 1. The van der Waals surface area contributed by atoms with Crippen molar-refractivity contribution in [2.24, 2.45) is 11.3 Å². The summed E-state index contributed by atoms with van der Waals surface area (Å²) in [5, 5.41) is 9.58. The first kappa shape index (κ1) is 15.5. The van der Waals surface area contributed by atoms with Crippen LogP contribution in [0.1, 0.15) is 33.6 Å². The Morgan fingerprint density at radius 2 is 2.29 bits per heavy atom. The summed E-state index contributed by atoms with van der Waals surface area (Å²) in [5.41, 5.74) is -0.706. The molecule has 1 aliphatic rings.